The Kier molecular flexibility index (Phi) is 5.35. The molecule has 1 aromatic heterocycles. The molecule has 2 heterocycles. The van der Waals surface area contributed by atoms with E-state index in [-0.39, 0.29) is 5.91 Å². The molecule has 1 aliphatic heterocycles. The summed E-state index contributed by atoms with van der Waals surface area (Å²) in [6.07, 6.45) is 0. The van der Waals surface area contributed by atoms with Gasteiger partial charge in [-0.3, -0.25) is 4.79 Å². The first kappa shape index (κ1) is 20.1. The van der Waals surface area contributed by atoms with Gasteiger partial charge < -0.3 is 20.1 Å². The highest BCUT2D eigenvalue weighted by Crippen LogP contribution is 2.35. The number of anilines is 2. The molecule has 1 aliphatic rings. The highest BCUT2D eigenvalue weighted by atomic mass is 16.5. The lowest BCUT2D eigenvalue weighted by atomic mass is 9.94. The lowest BCUT2D eigenvalue weighted by Gasteiger charge is -2.28. The number of nitrogens with one attached hydrogen (secondary N) is 2. The van der Waals surface area contributed by atoms with E-state index in [9.17, 15) is 9.59 Å². The maximum absolute atomic E-state index is 13.4. The molecule has 0 aliphatic carbocycles. The van der Waals surface area contributed by atoms with E-state index in [1.807, 2.05) is 6.07 Å². The van der Waals surface area contributed by atoms with Gasteiger partial charge in [0.15, 0.2) is 0 Å². The predicted molar refractivity (Wildman–Crippen MR) is 112 cm³/mol. The highest BCUT2D eigenvalue weighted by molar-refractivity contribution is 6.06. The third-order valence-corrected chi connectivity index (χ3v) is 4.96. The third kappa shape index (κ3) is 3.70. The van der Waals surface area contributed by atoms with E-state index >= 15 is 0 Å². The molecule has 3 aromatic rings. The zero-order valence-electron chi connectivity index (χ0n) is 17.1. The molecule has 158 valence electrons. The average molecular weight is 420 g/mol. The molecule has 0 bridgehead atoms. The molecule has 1 amide bonds. The van der Waals surface area contributed by atoms with E-state index in [0.29, 0.717) is 34.2 Å². The average Bonchev–Trinajstić information content (AvgIpc) is 3.26. The summed E-state index contributed by atoms with van der Waals surface area (Å²) in [5, 5.41) is 17.7. The van der Waals surface area contributed by atoms with Crippen LogP contribution in [0, 0.1) is 0 Å². The first-order chi connectivity index (χ1) is 15.0. The van der Waals surface area contributed by atoms with E-state index in [0.717, 1.165) is 5.56 Å². The van der Waals surface area contributed by atoms with Crippen LogP contribution in [-0.2, 0) is 9.53 Å². The van der Waals surface area contributed by atoms with Gasteiger partial charge >= 0.3 is 5.97 Å². The zero-order valence-corrected chi connectivity index (χ0v) is 17.1. The van der Waals surface area contributed by atoms with Gasteiger partial charge in [0.1, 0.15) is 11.8 Å². The van der Waals surface area contributed by atoms with Crippen LogP contribution in [0.5, 0.6) is 5.75 Å². The summed E-state index contributed by atoms with van der Waals surface area (Å²) in [5.41, 5.74) is 2.70. The molecule has 0 radical (unpaired) electrons. The van der Waals surface area contributed by atoms with Gasteiger partial charge in [-0.05, 0) is 47.2 Å². The number of fused-ring (bicyclic) bond motifs is 1. The fourth-order valence-corrected chi connectivity index (χ4v) is 3.47. The minimum atomic E-state index is -0.604. The van der Waals surface area contributed by atoms with Crippen molar-refractivity contribution in [1.82, 2.24) is 20.2 Å². The van der Waals surface area contributed by atoms with Crippen molar-refractivity contribution in [3.05, 3.63) is 70.9 Å². The minimum Gasteiger partial charge on any atom is -0.495 e. The quantitative estimate of drug-likeness (QED) is 0.604. The summed E-state index contributed by atoms with van der Waals surface area (Å²) < 4.78 is 11.6. The van der Waals surface area contributed by atoms with Gasteiger partial charge in [-0.15, -0.1) is 0 Å². The number of para-hydroxylation sites is 2. The first-order valence-electron chi connectivity index (χ1n) is 9.41. The first-order valence-corrected chi connectivity index (χ1v) is 9.41. The number of ether oxygens (including phenoxy) is 2. The van der Waals surface area contributed by atoms with Gasteiger partial charge in [0.2, 0.25) is 5.95 Å². The van der Waals surface area contributed by atoms with Crippen LogP contribution < -0.4 is 15.4 Å². The number of aromatic nitrogens is 4. The van der Waals surface area contributed by atoms with Crippen LogP contribution in [-0.4, -0.2) is 46.3 Å². The fraction of sp³-hybridized carbons (Fsp3) is 0.190. The van der Waals surface area contributed by atoms with Crippen molar-refractivity contribution in [3.8, 4) is 5.75 Å². The number of hydrogen-bond donors (Lipinski definition) is 2. The van der Waals surface area contributed by atoms with Crippen LogP contribution in [0.15, 0.2) is 59.8 Å². The Bertz CT molecular complexity index is 1170. The SMILES string of the molecule is COC(=O)c1ccc([C@H]2C(C(=O)Nc3ccccc3OC)=C(C)Nc3nnnn32)cc1. The molecule has 0 saturated carbocycles. The summed E-state index contributed by atoms with van der Waals surface area (Å²) in [6.45, 7) is 1.78. The highest BCUT2D eigenvalue weighted by Gasteiger charge is 2.34. The zero-order chi connectivity index (χ0) is 22.0. The number of nitrogens with zero attached hydrogens (tertiary/aromatic N) is 4. The van der Waals surface area contributed by atoms with Crippen molar-refractivity contribution >= 4 is 23.5 Å². The number of allylic oxidation sites excluding steroid dienone is 1. The number of methoxy groups -OCH3 is 2. The summed E-state index contributed by atoms with van der Waals surface area (Å²) in [7, 11) is 2.86. The lowest BCUT2D eigenvalue weighted by Crippen LogP contribution is -2.31. The molecule has 4 rings (SSSR count). The van der Waals surface area contributed by atoms with E-state index in [1.165, 1.54) is 18.9 Å². The van der Waals surface area contributed by atoms with Crippen LogP contribution in [0.1, 0.15) is 28.9 Å². The van der Waals surface area contributed by atoms with Crippen molar-refractivity contribution in [2.45, 2.75) is 13.0 Å². The Labute approximate surface area is 177 Å². The molecule has 0 saturated heterocycles. The standard InChI is InChI=1S/C21H20N6O4/c1-12-17(19(28)23-15-6-4-5-7-16(15)30-2)18(27-21(22-12)24-25-26-27)13-8-10-14(11-9-13)20(29)31-3/h4-11,18H,1-3H3,(H,23,28)(H,22,24,26)/t18-/m0/s1. The van der Waals surface area contributed by atoms with Gasteiger partial charge in [-0.1, -0.05) is 29.4 Å². The van der Waals surface area contributed by atoms with Crippen molar-refractivity contribution in [2.24, 2.45) is 0 Å². The second-order valence-corrected chi connectivity index (χ2v) is 6.78. The Balaban J connectivity index is 1.74. The van der Waals surface area contributed by atoms with Crippen LogP contribution in [0.4, 0.5) is 11.6 Å². The number of benzene rings is 2. The van der Waals surface area contributed by atoms with Gasteiger partial charge in [-0.2, -0.15) is 4.68 Å². The number of esters is 1. The molecule has 0 unspecified atom stereocenters. The molecule has 31 heavy (non-hydrogen) atoms. The van der Waals surface area contributed by atoms with E-state index < -0.39 is 12.0 Å². The Morgan fingerprint density at radius 1 is 1.10 bits per heavy atom. The van der Waals surface area contributed by atoms with Crippen molar-refractivity contribution < 1.29 is 19.1 Å². The Hall–Kier alpha value is -4.21. The minimum absolute atomic E-state index is 0.335. The number of rotatable bonds is 5. The summed E-state index contributed by atoms with van der Waals surface area (Å²) >= 11 is 0. The van der Waals surface area contributed by atoms with Crippen molar-refractivity contribution in [3.63, 3.8) is 0 Å². The molecular weight excluding hydrogens is 400 g/mol. The molecule has 10 heteroatoms. The molecule has 0 spiro atoms. The molecule has 0 fully saturated rings. The Morgan fingerprint density at radius 3 is 2.55 bits per heavy atom. The normalized spacial score (nSPS) is 15.0. The predicted octanol–water partition coefficient (Wildman–Crippen LogP) is 2.40. The second-order valence-electron chi connectivity index (χ2n) is 6.78. The van der Waals surface area contributed by atoms with Gasteiger partial charge in [0.25, 0.3) is 5.91 Å². The van der Waals surface area contributed by atoms with Crippen LogP contribution in [0.25, 0.3) is 0 Å². The molecule has 1 atom stereocenters. The smallest absolute Gasteiger partial charge is 0.337 e. The Morgan fingerprint density at radius 2 is 1.84 bits per heavy atom. The lowest BCUT2D eigenvalue weighted by molar-refractivity contribution is -0.113. The van der Waals surface area contributed by atoms with Gasteiger partial charge in [0, 0.05) is 5.70 Å². The largest absolute Gasteiger partial charge is 0.495 e. The van der Waals surface area contributed by atoms with Gasteiger partial charge in [0.05, 0.1) is 31.0 Å². The van der Waals surface area contributed by atoms with E-state index in [2.05, 4.69) is 26.2 Å². The molecule has 10 nitrogen and oxygen atoms in total. The van der Waals surface area contributed by atoms with E-state index in [1.54, 1.807) is 49.4 Å². The summed E-state index contributed by atoms with van der Waals surface area (Å²) in [4.78, 5) is 25.2. The number of hydrogen-bond acceptors (Lipinski definition) is 8. The topological polar surface area (TPSA) is 120 Å². The number of carbonyl (C=O) groups excluding carboxylic acids is 2. The molecule has 2 aromatic carbocycles. The maximum Gasteiger partial charge on any atom is 0.337 e. The molecule has 2 N–H and O–H groups in total. The molecular formula is C21H20N6O4. The van der Waals surface area contributed by atoms with Crippen LogP contribution >= 0.6 is 0 Å². The third-order valence-electron chi connectivity index (χ3n) is 4.96. The monoisotopic (exact) mass is 420 g/mol. The number of tetrazole rings is 1. The van der Waals surface area contributed by atoms with Gasteiger partial charge in [-0.25, -0.2) is 4.79 Å². The van der Waals surface area contributed by atoms with Crippen molar-refractivity contribution in [1.29, 1.82) is 0 Å². The van der Waals surface area contributed by atoms with Crippen LogP contribution in [0.2, 0.25) is 0 Å². The summed E-state index contributed by atoms with van der Waals surface area (Å²) in [6, 6.07) is 13.3. The number of carbonyl (C=O) groups is 2. The van der Waals surface area contributed by atoms with Crippen molar-refractivity contribution in [2.75, 3.05) is 24.9 Å². The van der Waals surface area contributed by atoms with E-state index in [4.69, 9.17) is 9.47 Å². The number of amides is 1. The maximum atomic E-state index is 13.4. The fourth-order valence-electron chi connectivity index (χ4n) is 3.47. The summed E-state index contributed by atoms with van der Waals surface area (Å²) in [5.74, 6) is 0.173. The second kappa shape index (κ2) is 8.27. The van der Waals surface area contributed by atoms with Crippen LogP contribution in [0.3, 0.4) is 0 Å².